The van der Waals surface area contributed by atoms with E-state index in [2.05, 4.69) is 180 Å². The summed E-state index contributed by atoms with van der Waals surface area (Å²) in [4.78, 5) is 0. The van der Waals surface area contributed by atoms with Crippen LogP contribution in [0.4, 0.5) is 0 Å². The first kappa shape index (κ1) is 29.4. The van der Waals surface area contributed by atoms with Crippen LogP contribution in [0.3, 0.4) is 0 Å². The summed E-state index contributed by atoms with van der Waals surface area (Å²) in [7, 11) is 0. The Morgan fingerprint density at radius 1 is 0.511 bits per heavy atom. The molecule has 8 rings (SSSR count). The highest BCUT2D eigenvalue weighted by atomic mass is 79.9. The fourth-order valence-corrected chi connectivity index (χ4v) is 7.74. The lowest BCUT2D eigenvalue weighted by molar-refractivity contribution is 0.0374. The van der Waals surface area contributed by atoms with Crippen molar-refractivity contribution in [3.05, 3.63) is 192 Å². The normalized spacial score (nSPS) is 15.8. The molecule has 2 unspecified atom stereocenters. The van der Waals surface area contributed by atoms with Gasteiger partial charge in [0, 0.05) is 10.4 Å². The summed E-state index contributed by atoms with van der Waals surface area (Å²) in [5.41, 5.74) is 7.45. The van der Waals surface area contributed by atoms with Gasteiger partial charge in [0.2, 0.25) is 0 Å². The summed E-state index contributed by atoms with van der Waals surface area (Å²) in [6, 6.07) is 55.5. The Bertz CT molecular complexity index is 2230. The fourth-order valence-electron chi connectivity index (χ4n) is 7.40. The van der Waals surface area contributed by atoms with Crippen molar-refractivity contribution < 1.29 is 5.11 Å². The predicted molar refractivity (Wildman–Crippen MR) is 201 cm³/mol. The lowest BCUT2D eigenvalue weighted by Gasteiger charge is -2.38. The van der Waals surface area contributed by atoms with Crippen molar-refractivity contribution in [2.45, 2.75) is 12.0 Å². The van der Waals surface area contributed by atoms with Crippen LogP contribution in [0.5, 0.6) is 0 Å². The third kappa shape index (κ3) is 5.15. The Labute approximate surface area is 284 Å². The molecule has 0 bridgehead atoms. The molecule has 2 atom stereocenters. The highest BCUT2D eigenvalue weighted by Crippen LogP contribution is 2.47. The van der Waals surface area contributed by atoms with Gasteiger partial charge in [-0.25, -0.2) is 0 Å². The van der Waals surface area contributed by atoms with Crippen LogP contribution in [0.15, 0.2) is 180 Å². The molecular formula is C45H33BrO. The number of hydrogen-bond donors (Lipinski definition) is 1. The van der Waals surface area contributed by atoms with Gasteiger partial charge in [-0.1, -0.05) is 192 Å². The summed E-state index contributed by atoms with van der Waals surface area (Å²) < 4.78 is 1.04. The van der Waals surface area contributed by atoms with Crippen molar-refractivity contribution in [1.29, 1.82) is 0 Å². The van der Waals surface area contributed by atoms with E-state index < -0.39 is 5.60 Å². The van der Waals surface area contributed by atoms with Gasteiger partial charge in [-0.2, -0.15) is 0 Å². The first-order valence-corrected chi connectivity index (χ1v) is 16.9. The van der Waals surface area contributed by atoms with Crippen LogP contribution >= 0.6 is 15.9 Å². The van der Waals surface area contributed by atoms with E-state index in [0.29, 0.717) is 6.42 Å². The van der Waals surface area contributed by atoms with Crippen LogP contribution in [0.1, 0.15) is 17.5 Å². The van der Waals surface area contributed by atoms with Crippen LogP contribution in [0.2, 0.25) is 0 Å². The van der Waals surface area contributed by atoms with Gasteiger partial charge in [0.15, 0.2) is 0 Å². The van der Waals surface area contributed by atoms with E-state index in [1.54, 1.807) is 0 Å². The molecule has 0 amide bonds. The highest BCUT2D eigenvalue weighted by molar-refractivity contribution is 9.11. The van der Waals surface area contributed by atoms with Gasteiger partial charge in [-0.15, -0.1) is 0 Å². The van der Waals surface area contributed by atoms with E-state index >= 15 is 0 Å². The fraction of sp³-hybridized carbons (Fsp3) is 0.0667. The Kier molecular flexibility index (Phi) is 7.69. The van der Waals surface area contributed by atoms with E-state index in [0.717, 1.165) is 32.3 Å². The molecule has 47 heavy (non-hydrogen) atoms. The molecule has 0 radical (unpaired) electrons. The second-order valence-electron chi connectivity index (χ2n) is 12.3. The zero-order valence-corrected chi connectivity index (χ0v) is 27.4. The molecule has 7 aromatic rings. The second kappa shape index (κ2) is 12.3. The quantitative estimate of drug-likeness (QED) is 0.175. The van der Waals surface area contributed by atoms with E-state index in [1.807, 2.05) is 12.1 Å². The standard InChI is InChI=1S/C45H33BrO/c46-36-29-27-35(28-30-36)45(47,42-22-12-11-17-37(42)31-13-3-1-4-14-31)34-25-23-33(24-26-34)44-40-20-9-7-18-38(40)43(32-15-5-2-6-16-32)39-19-8-10-21-41(39)44/h1-27,29-30,35,47H,28H2. The molecule has 1 aliphatic carbocycles. The van der Waals surface area contributed by atoms with Gasteiger partial charge >= 0.3 is 0 Å². The Morgan fingerprint density at radius 3 is 1.51 bits per heavy atom. The molecule has 226 valence electrons. The summed E-state index contributed by atoms with van der Waals surface area (Å²) >= 11 is 3.63. The first-order chi connectivity index (χ1) is 23.1. The molecule has 0 heterocycles. The smallest absolute Gasteiger partial charge is 0.122 e. The second-order valence-corrected chi connectivity index (χ2v) is 13.2. The van der Waals surface area contributed by atoms with Gasteiger partial charge in [0.05, 0.1) is 0 Å². The molecule has 0 aliphatic heterocycles. The summed E-state index contributed by atoms with van der Waals surface area (Å²) in [6.07, 6.45) is 7.07. The van der Waals surface area contributed by atoms with Crippen LogP contribution in [-0.2, 0) is 5.60 Å². The van der Waals surface area contributed by atoms with Crippen molar-refractivity contribution in [2.24, 2.45) is 5.92 Å². The number of fused-ring (bicyclic) bond motifs is 2. The van der Waals surface area contributed by atoms with Gasteiger partial charge in [-0.05, 0) is 72.5 Å². The summed E-state index contributed by atoms with van der Waals surface area (Å²) in [6.45, 7) is 0. The summed E-state index contributed by atoms with van der Waals surface area (Å²) in [5, 5.41) is 18.0. The molecule has 1 aliphatic rings. The Hall–Kier alpha value is -5.02. The van der Waals surface area contributed by atoms with E-state index in [-0.39, 0.29) is 5.92 Å². The molecule has 7 aromatic carbocycles. The number of hydrogen-bond acceptors (Lipinski definition) is 1. The Balaban J connectivity index is 1.32. The average molecular weight is 670 g/mol. The number of benzene rings is 7. The molecule has 0 aromatic heterocycles. The summed E-state index contributed by atoms with van der Waals surface area (Å²) in [5.74, 6) is -0.147. The van der Waals surface area contributed by atoms with Crippen molar-refractivity contribution in [2.75, 3.05) is 0 Å². The topological polar surface area (TPSA) is 20.2 Å². The molecule has 2 heteroatoms. The molecular weight excluding hydrogens is 636 g/mol. The van der Waals surface area contributed by atoms with Crippen molar-refractivity contribution in [1.82, 2.24) is 0 Å². The number of rotatable bonds is 6. The van der Waals surface area contributed by atoms with Crippen molar-refractivity contribution in [3.63, 3.8) is 0 Å². The van der Waals surface area contributed by atoms with Crippen LogP contribution in [-0.4, -0.2) is 5.11 Å². The number of aliphatic hydroxyl groups is 1. The predicted octanol–water partition coefficient (Wildman–Crippen LogP) is 12.1. The van der Waals surface area contributed by atoms with Gasteiger partial charge in [0.1, 0.15) is 5.60 Å². The van der Waals surface area contributed by atoms with E-state index in [1.165, 1.54) is 38.2 Å². The molecule has 0 saturated heterocycles. The van der Waals surface area contributed by atoms with Crippen LogP contribution in [0, 0.1) is 5.92 Å². The largest absolute Gasteiger partial charge is 0.380 e. The van der Waals surface area contributed by atoms with Crippen LogP contribution < -0.4 is 0 Å². The van der Waals surface area contributed by atoms with Crippen molar-refractivity contribution >= 4 is 37.5 Å². The zero-order valence-electron chi connectivity index (χ0n) is 25.9. The van der Waals surface area contributed by atoms with Gasteiger partial charge in [-0.3, -0.25) is 0 Å². The molecule has 0 spiro atoms. The van der Waals surface area contributed by atoms with Crippen molar-refractivity contribution in [3.8, 4) is 33.4 Å². The zero-order chi connectivity index (χ0) is 31.8. The molecule has 1 nitrogen and oxygen atoms in total. The minimum absolute atomic E-state index is 0.147. The monoisotopic (exact) mass is 668 g/mol. The lowest BCUT2D eigenvalue weighted by Crippen LogP contribution is -2.36. The third-order valence-electron chi connectivity index (χ3n) is 9.62. The first-order valence-electron chi connectivity index (χ1n) is 16.1. The minimum Gasteiger partial charge on any atom is -0.380 e. The molecule has 0 saturated carbocycles. The highest BCUT2D eigenvalue weighted by Gasteiger charge is 2.41. The van der Waals surface area contributed by atoms with E-state index in [9.17, 15) is 5.11 Å². The minimum atomic E-state index is -1.26. The van der Waals surface area contributed by atoms with Gasteiger partial charge in [0.25, 0.3) is 0 Å². The van der Waals surface area contributed by atoms with E-state index in [4.69, 9.17) is 0 Å². The SMILES string of the molecule is OC(c1ccc(-c2c3ccccc3c(-c3ccccc3)c3ccccc23)cc1)(c1ccccc1-c1ccccc1)C1C=CC(Br)=CC1. The molecule has 1 N–H and O–H groups in total. The van der Waals surface area contributed by atoms with Gasteiger partial charge < -0.3 is 5.11 Å². The number of halogens is 1. The third-order valence-corrected chi connectivity index (χ3v) is 10.2. The average Bonchev–Trinajstić information content (AvgIpc) is 3.14. The Morgan fingerprint density at radius 2 is 0.979 bits per heavy atom. The maximum absolute atomic E-state index is 13.1. The maximum Gasteiger partial charge on any atom is 0.122 e. The number of allylic oxidation sites excluding steroid dienone is 3. The van der Waals surface area contributed by atoms with Crippen LogP contribution in [0.25, 0.3) is 54.9 Å². The maximum atomic E-state index is 13.1. The molecule has 0 fully saturated rings. The lowest BCUT2D eigenvalue weighted by atomic mass is 9.71.